The molecule has 27 heavy (non-hydrogen) atoms. The van der Waals surface area contributed by atoms with E-state index in [1.807, 2.05) is 24.3 Å². The number of rotatable bonds is 5. The Morgan fingerprint density at radius 1 is 1.00 bits per heavy atom. The third-order valence-corrected chi connectivity index (χ3v) is 4.30. The first-order chi connectivity index (χ1) is 13.0. The monoisotopic (exact) mass is 444 g/mol. The van der Waals surface area contributed by atoms with E-state index in [4.69, 9.17) is 16.0 Å². The van der Waals surface area contributed by atoms with Crippen molar-refractivity contribution in [1.29, 1.82) is 0 Å². The van der Waals surface area contributed by atoms with Gasteiger partial charge in [0, 0.05) is 15.2 Å². The van der Waals surface area contributed by atoms with Gasteiger partial charge < -0.3 is 15.1 Å². The lowest BCUT2D eigenvalue weighted by Crippen LogP contribution is -2.30. The molecule has 2 amide bonds. The predicted octanol–water partition coefficient (Wildman–Crippen LogP) is 5.11. The molecule has 3 aromatic rings. The largest absolute Gasteiger partial charge is 0.459 e. The number of hydrogen-bond donors (Lipinski definition) is 2. The van der Waals surface area contributed by atoms with Crippen LogP contribution in [0.2, 0.25) is 5.02 Å². The van der Waals surface area contributed by atoms with Gasteiger partial charge in [0.05, 0.1) is 6.26 Å². The summed E-state index contributed by atoms with van der Waals surface area (Å²) in [6, 6.07) is 17.1. The molecule has 0 aliphatic rings. The fraction of sp³-hybridized carbons (Fsp3) is 0. The van der Waals surface area contributed by atoms with Crippen LogP contribution in [0.3, 0.4) is 0 Å². The van der Waals surface area contributed by atoms with Crippen LogP contribution in [-0.4, -0.2) is 11.8 Å². The normalized spacial score (nSPS) is 11.1. The summed E-state index contributed by atoms with van der Waals surface area (Å²) < 4.78 is 5.99. The SMILES string of the molecule is O=C(Nc1ccc(Cl)cc1)/C(=C/c1ccc(Br)cc1)NC(=O)c1ccco1. The summed E-state index contributed by atoms with van der Waals surface area (Å²) in [4.78, 5) is 25.0. The first-order valence-corrected chi connectivity index (χ1v) is 9.07. The number of carbonyl (C=O) groups is 2. The summed E-state index contributed by atoms with van der Waals surface area (Å²) >= 11 is 9.23. The fourth-order valence-corrected chi connectivity index (χ4v) is 2.60. The number of anilines is 1. The molecule has 7 heteroatoms. The molecular formula is C20H14BrClN2O3. The molecule has 0 bridgehead atoms. The topological polar surface area (TPSA) is 71.3 Å². The van der Waals surface area contributed by atoms with E-state index in [0.29, 0.717) is 10.7 Å². The average Bonchev–Trinajstić information content (AvgIpc) is 3.19. The number of hydrogen-bond acceptors (Lipinski definition) is 3. The smallest absolute Gasteiger partial charge is 0.291 e. The maximum atomic E-state index is 12.7. The van der Waals surface area contributed by atoms with Crippen molar-refractivity contribution in [3.63, 3.8) is 0 Å². The van der Waals surface area contributed by atoms with Crippen LogP contribution in [0.4, 0.5) is 5.69 Å². The molecule has 0 atom stereocenters. The van der Waals surface area contributed by atoms with Gasteiger partial charge in [0.25, 0.3) is 11.8 Å². The van der Waals surface area contributed by atoms with Gasteiger partial charge in [0.15, 0.2) is 5.76 Å². The quantitative estimate of drug-likeness (QED) is 0.536. The second-order valence-corrected chi connectivity index (χ2v) is 6.85. The fourth-order valence-electron chi connectivity index (χ4n) is 2.21. The molecular weight excluding hydrogens is 432 g/mol. The van der Waals surface area contributed by atoms with Gasteiger partial charge >= 0.3 is 0 Å². The average molecular weight is 446 g/mol. The van der Waals surface area contributed by atoms with Crippen LogP contribution in [0.15, 0.2) is 81.5 Å². The number of benzene rings is 2. The number of nitrogens with one attached hydrogen (secondary N) is 2. The molecule has 1 aromatic heterocycles. The van der Waals surface area contributed by atoms with Crippen molar-refractivity contribution >= 4 is 51.1 Å². The van der Waals surface area contributed by atoms with Crippen molar-refractivity contribution in [2.75, 3.05) is 5.32 Å². The molecule has 136 valence electrons. The zero-order valence-corrected chi connectivity index (χ0v) is 16.3. The molecule has 5 nitrogen and oxygen atoms in total. The van der Waals surface area contributed by atoms with E-state index in [1.165, 1.54) is 12.3 Å². The lowest BCUT2D eigenvalue weighted by Gasteiger charge is -2.10. The second-order valence-electron chi connectivity index (χ2n) is 5.50. The molecule has 0 aliphatic carbocycles. The molecule has 0 unspecified atom stereocenters. The van der Waals surface area contributed by atoms with Gasteiger partial charge in [-0.25, -0.2) is 0 Å². The molecule has 2 aromatic carbocycles. The van der Waals surface area contributed by atoms with Crippen LogP contribution in [0.5, 0.6) is 0 Å². The summed E-state index contributed by atoms with van der Waals surface area (Å²) in [6.45, 7) is 0. The van der Waals surface area contributed by atoms with Crippen LogP contribution in [0, 0.1) is 0 Å². The van der Waals surface area contributed by atoms with Gasteiger partial charge in [0.1, 0.15) is 5.70 Å². The third kappa shape index (κ3) is 5.32. The minimum absolute atomic E-state index is 0.0775. The van der Waals surface area contributed by atoms with E-state index in [-0.39, 0.29) is 11.5 Å². The maximum Gasteiger partial charge on any atom is 0.291 e. The molecule has 0 saturated carbocycles. The van der Waals surface area contributed by atoms with Crippen LogP contribution in [0.1, 0.15) is 16.1 Å². The van der Waals surface area contributed by atoms with Crippen molar-refractivity contribution in [3.05, 3.63) is 93.4 Å². The molecule has 0 aliphatic heterocycles. The van der Waals surface area contributed by atoms with E-state index in [0.717, 1.165) is 10.0 Å². The first-order valence-electron chi connectivity index (χ1n) is 7.90. The summed E-state index contributed by atoms with van der Waals surface area (Å²) in [5.74, 6) is -0.884. The highest BCUT2D eigenvalue weighted by atomic mass is 79.9. The summed E-state index contributed by atoms with van der Waals surface area (Å²) in [6.07, 6.45) is 2.97. The minimum atomic E-state index is -0.519. The zero-order valence-electron chi connectivity index (χ0n) is 13.9. The second kappa shape index (κ2) is 8.70. The van der Waals surface area contributed by atoms with E-state index < -0.39 is 11.8 Å². The summed E-state index contributed by atoms with van der Waals surface area (Å²) in [5, 5.41) is 5.88. The first kappa shape index (κ1) is 18.9. The number of carbonyl (C=O) groups excluding carboxylic acids is 2. The Balaban J connectivity index is 1.85. The lowest BCUT2D eigenvalue weighted by molar-refractivity contribution is -0.113. The number of halogens is 2. The number of furan rings is 1. The molecule has 2 N–H and O–H groups in total. The highest BCUT2D eigenvalue weighted by Crippen LogP contribution is 2.16. The van der Waals surface area contributed by atoms with Crippen molar-refractivity contribution in [2.45, 2.75) is 0 Å². The highest BCUT2D eigenvalue weighted by molar-refractivity contribution is 9.10. The van der Waals surface area contributed by atoms with Gasteiger partial charge in [-0.1, -0.05) is 39.7 Å². The Morgan fingerprint density at radius 3 is 2.33 bits per heavy atom. The maximum absolute atomic E-state index is 12.7. The van der Waals surface area contributed by atoms with Crippen molar-refractivity contribution in [3.8, 4) is 0 Å². The van der Waals surface area contributed by atoms with E-state index in [9.17, 15) is 9.59 Å². The van der Waals surface area contributed by atoms with Crippen LogP contribution >= 0.6 is 27.5 Å². The molecule has 0 spiro atoms. The Hall–Kier alpha value is -2.83. The van der Waals surface area contributed by atoms with Crippen LogP contribution < -0.4 is 10.6 Å². The Kier molecular flexibility index (Phi) is 6.11. The van der Waals surface area contributed by atoms with Gasteiger partial charge in [0.2, 0.25) is 0 Å². The Bertz CT molecular complexity index is 965. The lowest BCUT2D eigenvalue weighted by atomic mass is 10.2. The molecule has 0 fully saturated rings. The minimum Gasteiger partial charge on any atom is -0.459 e. The molecule has 1 heterocycles. The molecule has 0 saturated heterocycles. The van der Waals surface area contributed by atoms with Gasteiger partial charge in [-0.3, -0.25) is 9.59 Å². The van der Waals surface area contributed by atoms with Crippen molar-refractivity contribution in [2.24, 2.45) is 0 Å². The molecule has 0 radical (unpaired) electrons. The number of amides is 2. The van der Waals surface area contributed by atoms with Gasteiger partial charge in [-0.2, -0.15) is 0 Å². The van der Waals surface area contributed by atoms with Gasteiger partial charge in [-0.15, -0.1) is 0 Å². The summed E-state index contributed by atoms with van der Waals surface area (Å²) in [5.41, 5.74) is 1.38. The predicted molar refractivity (Wildman–Crippen MR) is 108 cm³/mol. The Labute approximate surface area is 169 Å². The van der Waals surface area contributed by atoms with E-state index in [1.54, 1.807) is 36.4 Å². The molecule has 3 rings (SSSR count). The summed E-state index contributed by atoms with van der Waals surface area (Å²) in [7, 11) is 0. The van der Waals surface area contributed by atoms with E-state index >= 15 is 0 Å². The van der Waals surface area contributed by atoms with Crippen molar-refractivity contribution < 1.29 is 14.0 Å². The highest BCUT2D eigenvalue weighted by Gasteiger charge is 2.16. The van der Waals surface area contributed by atoms with Crippen molar-refractivity contribution in [1.82, 2.24) is 5.32 Å². The Morgan fingerprint density at radius 2 is 1.70 bits per heavy atom. The van der Waals surface area contributed by atoms with E-state index in [2.05, 4.69) is 26.6 Å². The van der Waals surface area contributed by atoms with Crippen LogP contribution in [-0.2, 0) is 4.79 Å². The van der Waals surface area contributed by atoms with Crippen LogP contribution in [0.25, 0.3) is 6.08 Å². The zero-order chi connectivity index (χ0) is 19.2. The van der Waals surface area contributed by atoms with Gasteiger partial charge in [-0.05, 0) is 60.2 Å². The standard InChI is InChI=1S/C20H14BrClN2O3/c21-14-5-3-13(4-6-14)12-17(24-20(26)18-2-1-11-27-18)19(25)23-16-9-7-15(22)8-10-16/h1-12H,(H,23,25)(H,24,26)/b17-12-. The third-order valence-electron chi connectivity index (χ3n) is 3.52.